The van der Waals surface area contributed by atoms with E-state index in [9.17, 15) is 0 Å². The minimum absolute atomic E-state index is 0.792. The molecule has 74 valence electrons. The van der Waals surface area contributed by atoms with Crippen LogP contribution < -0.4 is 0 Å². The summed E-state index contributed by atoms with van der Waals surface area (Å²) in [5, 5.41) is 0. The summed E-state index contributed by atoms with van der Waals surface area (Å²) in [5.74, 6) is 0. The minimum atomic E-state index is 0.792. The van der Waals surface area contributed by atoms with E-state index in [4.69, 9.17) is 4.74 Å². The van der Waals surface area contributed by atoms with Gasteiger partial charge in [-0.05, 0) is 32.9 Å². The van der Waals surface area contributed by atoms with Crippen LogP contribution in [0.25, 0.3) is 0 Å². The monoisotopic (exact) mass is 173 g/mol. The predicted octanol–water partition coefficient (Wildman–Crippen LogP) is 2.14. The Morgan fingerprint density at radius 2 is 2.08 bits per heavy atom. The van der Waals surface area contributed by atoms with E-state index in [-0.39, 0.29) is 0 Å². The second kappa shape index (κ2) is 7.56. The third kappa shape index (κ3) is 4.07. The van der Waals surface area contributed by atoms with Crippen molar-refractivity contribution in [2.45, 2.75) is 39.2 Å². The van der Waals surface area contributed by atoms with Crippen LogP contribution in [0.4, 0.5) is 0 Å². The SMILES string of the molecule is CC.COCCC1CCCN1C. The number of ether oxygens (including phenoxy) is 1. The van der Waals surface area contributed by atoms with Crippen LogP contribution >= 0.6 is 0 Å². The van der Waals surface area contributed by atoms with Gasteiger partial charge in [0.25, 0.3) is 0 Å². The lowest BCUT2D eigenvalue weighted by Crippen LogP contribution is -2.25. The van der Waals surface area contributed by atoms with Crippen LogP contribution in [-0.4, -0.2) is 38.3 Å². The molecule has 2 nitrogen and oxygen atoms in total. The van der Waals surface area contributed by atoms with Crippen LogP contribution in [0.5, 0.6) is 0 Å². The summed E-state index contributed by atoms with van der Waals surface area (Å²) in [7, 11) is 3.97. The zero-order valence-electron chi connectivity index (χ0n) is 8.97. The average Bonchev–Trinajstić information content (AvgIpc) is 2.51. The van der Waals surface area contributed by atoms with Crippen LogP contribution in [0, 0.1) is 0 Å². The molecule has 0 spiro atoms. The predicted molar refractivity (Wildman–Crippen MR) is 53.5 cm³/mol. The lowest BCUT2D eigenvalue weighted by atomic mass is 10.2. The molecule has 1 saturated heterocycles. The van der Waals surface area contributed by atoms with Crippen LogP contribution in [0.15, 0.2) is 0 Å². The standard InChI is InChI=1S/C8H17NO.C2H6/c1-9-6-3-4-8(9)5-7-10-2;1-2/h8H,3-7H2,1-2H3;1-2H3. The molecule has 0 aromatic carbocycles. The molecule has 0 aromatic heterocycles. The van der Waals surface area contributed by atoms with Crippen molar-refractivity contribution in [3.63, 3.8) is 0 Å². The number of rotatable bonds is 3. The van der Waals surface area contributed by atoms with Gasteiger partial charge in [-0.15, -0.1) is 0 Å². The molecule has 0 aliphatic carbocycles. The number of nitrogens with zero attached hydrogens (tertiary/aromatic N) is 1. The van der Waals surface area contributed by atoms with Crippen LogP contribution in [0.1, 0.15) is 33.1 Å². The van der Waals surface area contributed by atoms with Crippen molar-refractivity contribution in [1.29, 1.82) is 0 Å². The lowest BCUT2D eigenvalue weighted by molar-refractivity contribution is 0.163. The van der Waals surface area contributed by atoms with Gasteiger partial charge < -0.3 is 9.64 Å². The topological polar surface area (TPSA) is 12.5 Å². The molecular formula is C10H23NO. The molecule has 0 saturated carbocycles. The van der Waals surface area contributed by atoms with Crippen molar-refractivity contribution in [3.05, 3.63) is 0 Å². The van der Waals surface area contributed by atoms with E-state index < -0.39 is 0 Å². The Morgan fingerprint density at radius 1 is 1.42 bits per heavy atom. The summed E-state index contributed by atoms with van der Waals surface area (Å²) < 4.78 is 5.03. The zero-order chi connectivity index (χ0) is 9.40. The van der Waals surface area contributed by atoms with Gasteiger partial charge in [-0.3, -0.25) is 0 Å². The van der Waals surface area contributed by atoms with Gasteiger partial charge in [0.15, 0.2) is 0 Å². The zero-order valence-corrected chi connectivity index (χ0v) is 8.97. The van der Waals surface area contributed by atoms with Crippen molar-refractivity contribution in [1.82, 2.24) is 4.90 Å². The summed E-state index contributed by atoms with van der Waals surface area (Å²) in [6.07, 6.45) is 3.93. The third-order valence-corrected chi connectivity index (χ3v) is 2.33. The molecule has 0 N–H and O–H groups in total. The smallest absolute Gasteiger partial charge is 0.0477 e. The fourth-order valence-electron chi connectivity index (χ4n) is 1.60. The number of likely N-dealkylation sites (tertiary alicyclic amines) is 1. The molecule has 1 aliphatic heterocycles. The maximum absolute atomic E-state index is 5.03. The van der Waals surface area contributed by atoms with Crippen molar-refractivity contribution >= 4 is 0 Å². The van der Waals surface area contributed by atoms with Gasteiger partial charge in [0.2, 0.25) is 0 Å². The molecular weight excluding hydrogens is 150 g/mol. The number of hydrogen-bond donors (Lipinski definition) is 0. The van der Waals surface area contributed by atoms with E-state index in [0.717, 1.165) is 12.6 Å². The molecule has 0 aromatic rings. The summed E-state index contributed by atoms with van der Waals surface area (Å²) in [5.41, 5.74) is 0. The summed E-state index contributed by atoms with van der Waals surface area (Å²) >= 11 is 0. The fourth-order valence-corrected chi connectivity index (χ4v) is 1.60. The van der Waals surface area contributed by atoms with Crippen LogP contribution in [0.2, 0.25) is 0 Å². The van der Waals surface area contributed by atoms with E-state index >= 15 is 0 Å². The molecule has 1 unspecified atom stereocenters. The van der Waals surface area contributed by atoms with Gasteiger partial charge >= 0.3 is 0 Å². The maximum atomic E-state index is 5.03. The second-order valence-electron chi connectivity index (χ2n) is 3.06. The number of methoxy groups -OCH3 is 1. The first kappa shape index (κ1) is 11.9. The van der Waals surface area contributed by atoms with Gasteiger partial charge in [0.1, 0.15) is 0 Å². The first-order chi connectivity index (χ1) is 5.84. The normalized spacial score (nSPS) is 23.5. The quantitative estimate of drug-likeness (QED) is 0.648. The van der Waals surface area contributed by atoms with Crippen molar-refractivity contribution < 1.29 is 4.74 Å². The van der Waals surface area contributed by atoms with Gasteiger partial charge in [-0.1, -0.05) is 13.8 Å². The van der Waals surface area contributed by atoms with E-state index in [1.807, 2.05) is 13.8 Å². The molecule has 0 radical (unpaired) electrons. The molecule has 1 rings (SSSR count). The second-order valence-corrected chi connectivity index (χ2v) is 3.06. The maximum Gasteiger partial charge on any atom is 0.0477 e. The Hall–Kier alpha value is -0.0800. The van der Waals surface area contributed by atoms with Gasteiger partial charge in [-0.25, -0.2) is 0 Å². The molecule has 2 heteroatoms. The van der Waals surface area contributed by atoms with Crippen LogP contribution in [0.3, 0.4) is 0 Å². The Labute approximate surface area is 76.9 Å². The van der Waals surface area contributed by atoms with E-state index in [1.54, 1.807) is 7.11 Å². The fraction of sp³-hybridized carbons (Fsp3) is 1.00. The molecule has 1 heterocycles. The highest BCUT2D eigenvalue weighted by Crippen LogP contribution is 2.17. The largest absolute Gasteiger partial charge is 0.385 e. The highest BCUT2D eigenvalue weighted by Gasteiger charge is 2.19. The summed E-state index contributed by atoms with van der Waals surface area (Å²) in [6, 6.07) is 0.792. The van der Waals surface area contributed by atoms with E-state index in [0.29, 0.717) is 0 Å². The summed E-state index contributed by atoms with van der Waals surface area (Å²) in [6.45, 7) is 6.18. The Morgan fingerprint density at radius 3 is 2.50 bits per heavy atom. The highest BCUT2D eigenvalue weighted by molar-refractivity contribution is 4.75. The summed E-state index contributed by atoms with van der Waals surface area (Å²) in [4.78, 5) is 2.43. The third-order valence-electron chi connectivity index (χ3n) is 2.33. The van der Waals surface area contributed by atoms with Crippen LogP contribution in [-0.2, 0) is 4.74 Å². The Balaban J connectivity index is 0.000000561. The lowest BCUT2D eigenvalue weighted by Gasteiger charge is -2.18. The van der Waals surface area contributed by atoms with Crippen molar-refractivity contribution in [2.75, 3.05) is 27.3 Å². The van der Waals surface area contributed by atoms with Crippen molar-refractivity contribution in [3.8, 4) is 0 Å². The highest BCUT2D eigenvalue weighted by atomic mass is 16.5. The van der Waals surface area contributed by atoms with E-state index in [1.165, 1.54) is 25.8 Å². The van der Waals surface area contributed by atoms with Crippen molar-refractivity contribution in [2.24, 2.45) is 0 Å². The average molecular weight is 173 g/mol. The Kier molecular flexibility index (Phi) is 7.51. The minimum Gasteiger partial charge on any atom is -0.385 e. The molecule has 1 fully saturated rings. The molecule has 0 amide bonds. The number of hydrogen-bond acceptors (Lipinski definition) is 2. The van der Waals surface area contributed by atoms with Gasteiger partial charge in [0, 0.05) is 19.8 Å². The molecule has 0 bridgehead atoms. The molecule has 12 heavy (non-hydrogen) atoms. The molecule has 1 aliphatic rings. The van der Waals surface area contributed by atoms with Gasteiger partial charge in [0.05, 0.1) is 0 Å². The Bertz CT molecular complexity index is 95.8. The van der Waals surface area contributed by atoms with E-state index in [2.05, 4.69) is 11.9 Å². The van der Waals surface area contributed by atoms with Gasteiger partial charge in [-0.2, -0.15) is 0 Å². The first-order valence-corrected chi connectivity index (χ1v) is 5.04. The first-order valence-electron chi connectivity index (χ1n) is 5.04. The molecule has 1 atom stereocenters.